The third kappa shape index (κ3) is 9.91. The van der Waals surface area contributed by atoms with Crippen molar-refractivity contribution in [1.29, 1.82) is 0 Å². The van der Waals surface area contributed by atoms with Crippen molar-refractivity contribution in [1.82, 2.24) is 10.3 Å². The van der Waals surface area contributed by atoms with E-state index in [-0.39, 0.29) is 35.8 Å². The van der Waals surface area contributed by atoms with Gasteiger partial charge in [-0.3, -0.25) is 9.59 Å². The number of carbonyl (C=O) groups excluding carboxylic acids is 3. The lowest BCUT2D eigenvalue weighted by Crippen LogP contribution is -2.45. The fraction of sp³-hybridized carbons (Fsp3) is 0.355. The molecule has 3 aromatic rings. The van der Waals surface area contributed by atoms with Crippen LogP contribution in [0.2, 0.25) is 0 Å². The average molecular weight is 565 g/mol. The van der Waals surface area contributed by atoms with Crippen LogP contribution in [0.15, 0.2) is 72.9 Å². The number of cyclic esters (lactones) is 1. The molecule has 1 aliphatic rings. The summed E-state index contributed by atoms with van der Waals surface area (Å²) in [6.07, 6.45) is 2.42. The number of methoxy groups -OCH3 is 2. The highest BCUT2D eigenvalue weighted by Crippen LogP contribution is 2.29. The minimum atomic E-state index is -1.05. The second-order valence-electron chi connectivity index (χ2n) is 9.40. The van der Waals surface area contributed by atoms with Gasteiger partial charge in [0.25, 0.3) is 5.91 Å². The highest BCUT2D eigenvalue weighted by molar-refractivity contribution is 5.98. The standard InChI is InChI=1S/C24H28N2O7.C7H8O/c1-15-11-18(12-17-7-5-4-6-8-17)13-31-14-19(24(29)32-15)26-23(28)21-22(33-16(2)27)20(30-3)9-10-25-21;1-8-7-5-3-2-4-6-7/h4-10,15,18-19H,11-14H2,1-3H3,(H,26,28);2-6H,1H3/t15?,18?,19-;/m0./s1. The molecule has 2 aromatic carbocycles. The summed E-state index contributed by atoms with van der Waals surface area (Å²) in [5.74, 6) is -0.863. The van der Waals surface area contributed by atoms with E-state index in [0.29, 0.717) is 13.0 Å². The maximum atomic E-state index is 12.9. The Bertz CT molecular complexity index is 1270. The minimum Gasteiger partial charge on any atom is -0.497 e. The van der Waals surface area contributed by atoms with E-state index in [1.807, 2.05) is 67.6 Å². The second-order valence-corrected chi connectivity index (χ2v) is 9.40. The van der Waals surface area contributed by atoms with E-state index in [1.54, 1.807) is 7.11 Å². The van der Waals surface area contributed by atoms with Crippen molar-refractivity contribution < 1.29 is 38.1 Å². The van der Waals surface area contributed by atoms with Crippen LogP contribution in [0.1, 0.15) is 36.3 Å². The van der Waals surface area contributed by atoms with Crippen LogP contribution in [-0.2, 0) is 25.5 Å². The average Bonchev–Trinajstić information content (AvgIpc) is 3.03. The van der Waals surface area contributed by atoms with E-state index >= 15 is 0 Å². The van der Waals surface area contributed by atoms with Gasteiger partial charge in [0.1, 0.15) is 5.75 Å². The molecule has 218 valence electrons. The Morgan fingerprint density at radius 2 is 1.66 bits per heavy atom. The molecule has 0 bridgehead atoms. The van der Waals surface area contributed by atoms with Gasteiger partial charge < -0.3 is 29.0 Å². The van der Waals surface area contributed by atoms with Crippen LogP contribution in [0.4, 0.5) is 0 Å². The zero-order chi connectivity index (χ0) is 29.6. The molecule has 2 heterocycles. The number of benzene rings is 2. The monoisotopic (exact) mass is 564 g/mol. The van der Waals surface area contributed by atoms with Gasteiger partial charge in [-0.25, -0.2) is 9.78 Å². The van der Waals surface area contributed by atoms with Gasteiger partial charge >= 0.3 is 11.9 Å². The Hall–Kier alpha value is -4.44. The van der Waals surface area contributed by atoms with Gasteiger partial charge in [-0.1, -0.05) is 48.5 Å². The predicted molar refractivity (Wildman–Crippen MR) is 151 cm³/mol. The van der Waals surface area contributed by atoms with Crippen molar-refractivity contribution >= 4 is 17.8 Å². The van der Waals surface area contributed by atoms with E-state index in [4.69, 9.17) is 23.7 Å². The molecular weight excluding hydrogens is 528 g/mol. The normalized spacial score (nSPS) is 18.6. The summed E-state index contributed by atoms with van der Waals surface area (Å²) in [5.41, 5.74) is 0.989. The van der Waals surface area contributed by atoms with Gasteiger partial charge in [-0.15, -0.1) is 0 Å². The Morgan fingerprint density at radius 3 is 2.27 bits per heavy atom. The zero-order valence-corrected chi connectivity index (χ0v) is 23.7. The van der Waals surface area contributed by atoms with Crippen LogP contribution < -0.4 is 19.5 Å². The van der Waals surface area contributed by atoms with Gasteiger partial charge in [0.05, 0.1) is 26.9 Å². The summed E-state index contributed by atoms with van der Waals surface area (Å²) in [6.45, 7) is 3.38. The molecule has 2 unspecified atom stereocenters. The third-order valence-corrected chi connectivity index (χ3v) is 6.11. The molecule has 0 spiro atoms. The Kier molecular flexibility index (Phi) is 12.1. The Morgan fingerprint density at radius 1 is 0.976 bits per heavy atom. The van der Waals surface area contributed by atoms with Crippen LogP contribution >= 0.6 is 0 Å². The molecule has 3 atom stereocenters. The van der Waals surface area contributed by atoms with Crippen molar-refractivity contribution in [2.75, 3.05) is 27.4 Å². The molecule has 1 N–H and O–H groups in total. The van der Waals surface area contributed by atoms with Crippen LogP contribution in [0, 0.1) is 5.92 Å². The zero-order valence-electron chi connectivity index (χ0n) is 23.7. The van der Waals surface area contributed by atoms with Crippen molar-refractivity contribution in [3.05, 3.63) is 84.2 Å². The molecule has 10 heteroatoms. The van der Waals surface area contributed by atoms with E-state index in [2.05, 4.69) is 10.3 Å². The molecule has 1 amide bonds. The first-order valence-corrected chi connectivity index (χ1v) is 13.2. The number of ether oxygens (including phenoxy) is 5. The summed E-state index contributed by atoms with van der Waals surface area (Å²) in [5, 5.41) is 2.58. The maximum Gasteiger partial charge on any atom is 0.331 e. The van der Waals surface area contributed by atoms with Gasteiger partial charge in [-0.2, -0.15) is 0 Å². The SMILES string of the molecule is COc1ccccc1.COc1ccnc(C(=O)N[C@H]2COCC(Cc3ccccc3)CC(C)OC2=O)c1OC(C)=O. The largest absolute Gasteiger partial charge is 0.497 e. The number of hydrogen-bond donors (Lipinski definition) is 1. The van der Waals surface area contributed by atoms with Gasteiger partial charge in [0, 0.05) is 25.8 Å². The third-order valence-electron chi connectivity index (χ3n) is 6.11. The highest BCUT2D eigenvalue weighted by atomic mass is 16.6. The topological polar surface area (TPSA) is 122 Å². The van der Waals surface area contributed by atoms with Gasteiger partial charge in [0.15, 0.2) is 17.5 Å². The molecule has 1 aromatic heterocycles. The van der Waals surface area contributed by atoms with Crippen molar-refractivity contribution in [3.63, 3.8) is 0 Å². The number of rotatable bonds is 7. The van der Waals surface area contributed by atoms with E-state index in [1.165, 1.54) is 31.9 Å². The molecule has 1 fully saturated rings. The fourth-order valence-electron chi connectivity index (χ4n) is 4.26. The van der Waals surface area contributed by atoms with Crippen LogP contribution in [0.25, 0.3) is 0 Å². The second kappa shape index (κ2) is 16.0. The van der Waals surface area contributed by atoms with Crippen molar-refractivity contribution in [2.24, 2.45) is 5.92 Å². The first-order valence-electron chi connectivity index (χ1n) is 13.2. The summed E-state index contributed by atoms with van der Waals surface area (Å²) >= 11 is 0. The predicted octanol–water partition coefficient (Wildman–Crippen LogP) is 4.02. The number of para-hydroxylation sites is 1. The maximum absolute atomic E-state index is 12.9. The molecule has 41 heavy (non-hydrogen) atoms. The molecule has 1 saturated heterocycles. The number of pyridine rings is 1. The lowest BCUT2D eigenvalue weighted by molar-refractivity contribution is -0.151. The summed E-state index contributed by atoms with van der Waals surface area (Å²) in [4.78, 5) is 41.1. The lowest BCUT2D eigenvalue weighted by Gasteiger charge is -2.20. The molecule has 0 radical (unpaired) electrons. The number of hydrogen-bond acceptors (Lipinski definition) is 9. The summed E-state index contributed by atoms with van der Waals surface area (Å²) in [6, 6.07) is 20.1. The van der Waals surface area contributed by atoms with E-state index < -0.39 is 23.9 Å². The lowest BCUT2D eigenvalue weighted by atomic mass is 9.95. The molecular formula is C31H36N2O8. The number of aromatic nitrogens is 1. The van der Waals surface area contributed by atoms with Gasteiger partial charge in [0.2, 0.25) is 5.75 Å². The highest BCUT2D eigenvalue weighted by Gasteiger charge is 2.30. The summed E-state index contributed by atoms with van der Waals surface area (Å²) < 4.78 is 26.6. The van der Waals surface area contributed by atoms with Crippen molar-refractivity contribution in [3.8, 4) is 17.2 Å². The van der Waals surface area contributed by atoms with E-state index in [0.717, 1.165) is 12.2 Å². The number of esters is 2. The van der Waals surface area contributed by atoms with Crippen LogP contribution in [0.5, 0.6) is 17.2 Å². The Balaban J connectivity index is 0.000000496. The summed E-state index contributed by atoms with van der Waals surface area (Å²) in [7, 11) is 3.04. The molecule has 0 saturated carbocycles. The number of nitrogens with zero attached hydrogens (tertiary/aromatic N) is 1. The minimum absolute atomic E-state index is 0.0601. The molecule has 0 aliphatic carbocycles. The molecule has 10 nitrogen and oxygen atoms in total. The number of nitrogens with one attached hydrogen (secondary N) is 1. The quantitative estimate of drug-likeness (QED) is 0.424. The van der Waals surface area contributed by atoms with Crippen LogP contribution in [0.3, 0.4) is 0 Å². The smallest absolute Gasteiger partial charge is 0.331 e. The first kappa shape index (κ1) is 31.1. The molecule has 1 aliphatic heterocycles. The van der Waals surface area contributed by atoms with Crippen LogP contribution in [-0.4, -0.2) is 62.4 Å². The fourth-order valence-corrected chi connectivity index (χ4v) is 4.26. The van der Waals surface area contributed by atoms with Gasteiger partial charge in [-0.05, 0) is 43.4 Å². The van der Waals surface area contributed by atoms with Crippen molar-refractivity contribution in [2.45, 2.75) is 38.8 Å². The Labute approximate surface area is 239 Å². The van der Waals surface area contributed by atoms with E-state index in [9.17, 15) is 14.4 Å². The molecule has 4 rings (SSSR count). The number of amides is 1. The first-order chi connectivity index (χ1) is 19.8. The number of carbonyl (C=O) groups is 3.